The van der Waals surface area contributed by atoms with E-state index in [0.29, 0.717) is 5.88 Å². The minimum atomic E-state index is 0.488. The van der Waals surface area contributed by atoms with Gasteiger partial charge < -0.3 is 4.57 Å². The summed E-state index contributed by atoms with van der Waals surface area (Å²) < 4.78 is 2.30. The second-order valence-electron chi connectivity index (χ2n) is 4.82. The van der Waals surface area contributed by atoms with Crippen LogP contribution in [0.4, 0.5) is 0 Å². The molecule has 0 unspecified atom stereocenters. The van der Waals surface area contributed by atoms with Gasteiger partial charge in [-0.05, 0) is 25.0 Å². The lowest BCUT2D eigenvalue weighted by Crippen LogP contribution is -2.03. The summed E-state index contributed by atoms with van der Waals surface area (Å²) >= 11 is 6.01. The highest BCUT2D eigenvalue weighted by Crippen LogP contribution is 2.22. The van der Waals surface area contributed by atoms with E-state index >= 15 is 0 Å². The molecule has 18 heavy (non-hydrogen) atoms. The predicted octanol–water partition coefficient (Wildman–Crippen LogP) is 4.66. The molecule has 1 aromatic carbocycles. The van der Waals surface area contributed by atoms with Crippen LogP contribution in [-0.2, 0) is 12.4 Å². The smallest absolute Gasteiger partial charge is 0.124 e. The molecular weight excluding hydrogens is 244 g/mol. The maximum atomic E-state index is 6.01. The predicted molar refractivity (Wildman–Crippen MR) is 78.2 cm³/mol. The van der Waals surface area contributed by atoms with Gasteiger partial charge in [-0.25, -0.2) is 4.98 Å². The minimum Gasteiger partial charge on any atom is -0.327 e. The molecule has 0 saturated carbocycles. The van der Waals surface area contributed by atoms with Crippen LogP contribution in [0.3, 0.4) is 0 Å². The number of benzene rings is 1. The molecule has 2 aromatic rings. The van der Waals surface area contributed by atoms with Gasteiger partial charge in [-0.1, -0.05) is 38.3 Å². The Labute approximate surface area is 114 Å². The second-order valence-corrected chi connectivity index (χ2v) is 5.08. The van der Waals surface area contributed by atoms with Crippen molar-refractivity contribution in [1.29, 1.82) is 0 Å². The van der Waals surface area contributed by atoms with Crippen molar-refractivity contribution in [3.63, 3.8) is 0 Å². The number of rotatable bonds is 6. The fraction of sp³-hybridized carbons (Fsp3) is 0.533. The molecule has 2 rings (SSSR count). The molecule has 98 valence electrons. The van der Waals surface area contributed by atoms with Crippen molar-refractivity contribution in [2.45, 2.75) is 52.0 Å². The lowest BCUT2D eigenvalue weighted by atomic mass is 10.2. The van der Waals surface area contributed by atoms with Crippen molar-refractivity contribution >= 4 is 22.6 Å². The Kier molecular flexibility index (Phi) is 4.65. The van der Waals surface area contributed by atoms with Gasteiger partial charge in [0.15, 0.2) is 0 Å². The van der Waals surface area contributed by atoms with E-state index in [1.54, 1.807) is 0 Å². The third kappa shape index (κ3) is 2.69. The zero-order valence-electron chi connectivity index (χ0n) is 11.2. The van der Waals surface area contributed by atoms with Crippen molar-refractivity contribution < 1.29 is 0 Å². The largest absolute Gasteiger partial charge is 0.327 e. The van der Waals surface area contributed by atoms with E-state index in [2.05, 4.69) is 41.6 Å². The van der Waals surface area contributed by atoms with Gasteiger partial charge in [0.25, 0.3) is 0 Å². The first-order chi connectivity index (χ1) is 8.77. The summed E-state index contributed by atoms with van der Waals surface area (Å²) in [5.41, 5.74) is 3.61. The molecular formula is C15H21ClN2. The highest BCUT2D eigenvalue weighted by molar-refractivity contribution is 6.16. The molecule has 0 atom stereocenters. The summed E-state index contributed by atoms with van der Waals surface area (Å²) in [6, 6.07) is 6.27. The number of alkyl halides is 1. The van der Waals surface area contributed by atoms with Crippen LogP contribution in [0.15, 0.2) is 18.2 Å². The minimum absolute atomic E-state index is 0.488. The van der Waals surface area contributed by atoms with Crippen LogP contribution in [0, 0.1) is 6.92 Å². The van der Waals surface area contributed by atoms with Crippen LogP contribution in [0.1, 0.15) is 44.0 Å². The van der Waals surface area contributed by atoms with Gasteiger partial charge in [0, 0.05) is 6.54 Å². The summed E-state index contributed by atoms with van der Waals surface area (Å²) in [4.78, 5) is 4.62. The number of para-hydroxylation sites is 1. The summed E-state index contributed by atoms with van der Waals surface area (Å²) in [5, 5.41) is 0. The van der Waals surface area contributed by atoms with E-state index in [1.807, 2.05) is 0 Å². The third-order valence-corrected chi connectivity index (χ3v) is 3.64. The fourth-order valence-corrected chi connectivity index (χ4v) is 2.66. The van der Waals surface area contributed by atoms with Crippen molar-refractivity contribution in [2.24, 2.45) is 0 Å². The highest BCUT2D eigenvalue weighted by atomic mass is 35.5. The van der Waals surface area contributed by atoms with Crippen molar-refractivity contribution in [2.75, 3.05) is 0 Å². The third-order valence-electron chi connectivity index (χ3n) is 3.40. The lowest BCUT2D eigenvalue weighted by Gasteiger charge is -2.08. The number of fused-ring (bicyclic) bond motifs is 1. The molecule has 0 aliphatic rings. The molecule has 1 aromatic heterocycles. The van der Waals surface area contributed by atoms with Crippen LogP contribution < -0.4 is 0 Å². The first kappa shape index (κ1) is 13.4. The van der Waals surface area contributed by atoms with Crippen molar-refractivity contribution in [3.05, 3.63) is 29.6 Å². The monoisotopic (exact) mass is 264 g/mol. The average molecular weight is 265 g/mol. The molecule has 0 radical (unpaired) electrons. The lowest BCUT2D eigenvalue weighted by molar-refractivity contribution is 0.580. The van der Waals surface area contributed by atoms with Gasteiger partial charge in [0.05, 0.1) is 16.9 Å². The standard InChI is InChI=1S/C15H21ClN2/c1-3-4-5-6-10-18-14(11-16)17-13-9-7-8-12(2)15(13)18/h7-9H,3-6,10-11H2,1-2H3. The number of aromatic nitrogens is 2. The zero-order chi connectivity index (χ0) is 13.0. The number of imidazole rings is 1. The SMILES string of the molecule is CCCCCCn1c(CCl)nc2cccc(C)c21. The molecule has 0 aliphatic heterocycles. The molecule has 0 spiro atoms. The number of hydrogen-bond donors (Lipinski definition) is 0. The van der Waals surface area contributed by atoms with Gasteiger partial charge in [0.1, 0.15) is 5.82 Å². The second kappa shape index (κ2) is 6.24. The molecule has 0 amide bonds. The van der Waals surface area contributed by atoms with E-state index in [1.165, 1.54) is 36.8 Å². The first-order valence-electron chi connectivity index (χ1n) is 6.78. The van der Waals surface area contributed by atoms with Gasteiger partial charge in [0.2, 0.25) is 0 Å². The number of unbranched alkanes of at least 4 members (excludes halogenated alkanes) is 3. The van der Waals surface area contributed by atoms with E-state index in [0.717, 1.165) is 17.9 Å². The fourth-order valence-electron chi connectivity index (χ4n) is 2.45. The maximum Gasteiger partial charge on any atom is 0.124 e. The maximum absolute atomic E-state index is 6.01. The van der Waals surface area contributed by atoms with Gasteiger partial charge in [-0.3, -0.25) is 0 Å². The molecule has 0 saturated heterocycles. The molecule has 0 fully saturated rings. The van der Waals surface area contributed by atoms with E-state index < -0.39 is 0 Å². The van der Waals surface area contributed by atoms with E-state index in [-0.39, 0.29) is 0 Å². The molecule has 0 aliphatic carbocycles. The van der Waals surface area contributed by atoms with Crippen molar-refractivity contribution in [1.82, 2.24) is 9.55 Å². The topological polar surface area (TPSA) is 17.8 Å². The van der Waals surface area contributed by atoms with E-state index in [4.69, 9.17) is 11.6 Å². The first-order valence-corrected chi connectivity index (χ1v) is 7.32. The Morgan fingerprint density at radius 2 is 2.06 bits per heavy atom. The Balaban J connectivity index is 2.28. The number of hydrogen-bond acceptors (Lipinski definition) is 1. The Morgan fingerprint density at radius 1 is 1.22 bits per heavy atom. The summed E-state index contributed by atoms with van der Waals surface area (Å²) in [7, 11) is 0. The van der Waals surface area contributed by atoms with E-state index in [9.17, 15) is 0 Å². The highest BCUT2D eigenvalue weighted by Gasteiger charge is 2.10. The molecule has 0 N–H and O–H groups in total. The molecule has 2 nitrogen and oxygen atoms in total. The molecule has 3 heteroatoms. The summed E-state index contributed by atoms with van der Waals surface area (Å²) in [6.07, 6.45) is 5.06. The van der Waals surface area contributed by atoms with Gasteiger partial charge >= 0.3 is 0 Å². The van der Waals surface area contributed by atoms with Crippen LogP contribution in [0.5, 0.6) is 0 Å². The Bertz CT molecular complexity index is 516. The van der Waals surface area contributed by atoms with Crippen LogP contribution in [-0.4, -0.2) is 9.55 Å². The normalized spacial score (nSPS) is 11.3. The van der Waals surface area contributed by atoms with Crippen LogP contribution >= 0.6 is 11.6 Å². The van der Waals surface area contributed by atoms with Gasteiger partial charge in [-0.15, -0.1) is 11.6 Å². The number of nitrogens with zero attached hydrogens (tertiary/aromatic N) is 2. The Hall–Kier alpha value is -1.02. The van der Waals surface area contributed by atoms with Crippen LogP contribution in [0.25, 0.3) is 11.0 Å². The summed E-state index contributed by atoms with van der Waals surface area (Å²) in [6.45, 7) is 5.41. The van der Waals surface area contributed by atoms with Crippen LogP contribution in [0.2, 0.25) is 0 Å². The summed E-state index contributed by atoms with van der Waals surface area (Å²) in [5.74, 6) is 1.49. The molecule has 0 bridgehead atoms. The van der Waals surface area contributed by atoms with Crippen molar-refractivity contribution in [3.8, 4) is 0 Å². The average Bonchev–Trinajstić information content (AvgIpc) is 2.74. The number of halogens is 1. The quantitative estimate of drug-likeness (QED) is 0.548. The zero-order valence-corrected chi connectivity index (χ0v) is 12.0. The number of aryl methyl sites for hydroxylation is 2. The Morgan fingerprint density at radius 3 is 2.78 bits per heavy atom. The molecule has 1 heterocycles. The van der Waals surface area contributed by atoms with Gasteiger partial charge in [-0.2, -0.15) is 0 Å².